The van der Waals surface area contributed by atoms with Gasteiger partial charge in [0.05, 0.1) is 12.2 Å². The fraction of sp³-hybridized carbons (Fsp3) is 0.320. The Morgan fingerprint density at radius 2 is 1.85 bits per heavy atom. The summed E-state index contributed by atoms with van der Waals surface area (Å²) in [4.78, 5) is 23.3. The van der Waals surface area contributed by atoms with Gasteiger partial charge in [-0.25, -0.2) is 14.4 Å². The summed E-state index contributed by atoms with van der Waals surface area (Å²) in [6.45, 7) is 1.75. The van der Waals surface area contributed by atoms with Crippen LogP contribution in [0.15, 0.2) is 67.0 Å². The number of amides is 1. The summed E-state index contributed by atoms with van der Waals surface area (Å²) < 4.78 is 25.2. The number of ether oxygens (including phenoxy) is 2. The maximum Gasteiger partial charge on any atom is 0.253 e. The highest BCUT2D eigenvalue weighted by Gasteiger charge is 2.44. The lowest BCUT2D eigenvalue weighted by Gasteiger charge is -2.38. The predicted octanol–water partition coefficient (Wildman–Crippen LogP) is 4.20. The fourth-order valence-corrected chi connectivity index (χ4v) is 4.45. The van der Waals surface area contributed by atoms with E-state index in [2.05, 4.69) is 15.3 Å². The molecule has 3 heterocycles. The maximum atomic E-state index is 13.1. The normalized spacial score (nSPS) is 19.4. The minimum atomic E-state index is -0.284. The van der Waals surface area contributed by atoms with Crippen molar-refractivity contribution in [3.8, 4) is 5.75 Å². The summed E-state index contributed by atoms with van der Waals surface area (Å²) in [7, 11) is 0. The number of halogens is 1. The van der Waals surface area contributed by atoms with Crippen molar-refractivity contribution in [1.29, 1.82) is 0 Å². The van der Waals surface area contributed by atoms with Gasteiger partial charge < -0.3 is 19.7 Å². The molecule has 0 saturated carbocycles. The Balaban J connectivity index is 1.17. The van der Waals surface area contributed by atoms with E-state index in [4.69, 9.17) is 9.47 Å². The van der Waals surface area contributed by atoms with E-state index < -0.39 is 0 Å². The zero-order chi connectivity index (χ0) is 22.7. The Kier molecular flexibility index (Phi) is 5.92. The number of likely N-dealkylation sites (tertiary alicyclic amines) is 1. The molecule has 2 fully saturated rings. The molecule has 33 heavy (non-hydrogen) atoms. The second-order valence-corrected chi connectivity index (χ2v) is 8.46. The van der Waals surface area contributed by atoms with Crippen LogP contribution in [0.5, 0.6) is 5.75 Å². The van der Waals surface area contributed by atoms with E-state index in [0.717, 1.165) is 24.9 Å². The third kappa shape index (κ3) is 4.96. The van der Waals surface area contributed by atoms with Gasteiger partial charge in [0.25, 0.3) is 5.91 Å². The number of piperidine rings is 1. The van der Waals surface area contributed by atoms with Gasteiger partial charge in [-0.3, -0.25) is 4.79 Å². The zero-order valence-corrected chi connectivity index (χ0v) is 18.1. The molecule has 3 aromatic rings. The van der Waals surface area contributed by atoms with E-state index in [1.807, 2.05) is 29.2 Å². The number of aromatic nitrogens is 2. The number of nitrogens with zero attached hydrogens (tertiary/aromatic N) is 3. The number of rotatable bonds is 5. The third-order valence-corrected chi connectivity index (χ3v) is 6.18. The first kappa shape index (κ1) is 21.3. The molecule has 1 amide bonds. The number of carbonyl (C=O) groups is 1. The van der Waals surface area contributed by atoms with Crippen molar-refractivity contribution in [3.05, 3.63) is 78.4 Å². The van der Waals surface area contributed by atoms with E-state index in [1.54, 1.807) is 30.6 Å². The Morgan fingerprint density at radius 3 is 2.61 bits per heavy atom. The van der Waals surface area contributed by atoms with Gasteiger partial charge in [0.15, 0.2) is 0 Å². The molecule has 2 aliphatic rings. The minimum absolute atomic E-state index is 0.000380. The van der Waals surface area contributed by atoms with Gasteiger partial charge in [-0.2, -0.15) is 0 Å². The third-order valence-electron chi connectivity index (χ3n) is 6.18. The lowest BCUT2D eigenvalue weighted by Crippen LogP contribution is -2.46. The van der Waals surface area contributed by atoms with Crippen LogP contribution in [0.4, 0.5) is 16.0 Å². The zero-order valence-electron chi connectivity index (χ0n) is 18.1. The second-order valence-electron chi connectivity index (χ2n) is 8.46. The van der Waals surface area contributed by atoms with E-state index in [1.165, 1.54) is 12.1 Å². The topological polar surface area (TPSA) is 76.6 Å². The number of hydrogen-bond donors (Lipinski definition) is 1. The Labute approximate surface area is 191 Å². The maximum absolute atomic E-state index is 13.1. The van der Waals surface area contributed by atoms with Crippen molar-refractivity contribution in [2.24, 2.45) is 0 Å². The van der Waals surface area contributed by atoms with Crippen molar-refractivity contribution in [2.75, 3.05) is 25.0 Å². The van der Waals surface area contributed by atoms with Crippen LogP contribution in [0.2, 0.25) is 0 Å². The van der Waals surface area contributed by atoms with Crippen LogP contribution in [0.3, 0.4) is 0 Å². The highest BCUT2D eigenvalue weighted by Crippen LogP contribution is 2.37. The monoisotopic (exact) mass is 448 g/mol. The summed E-state index contributed by atoms with van der Waals surface area (Å²) in [5, 5.41) is 3.12. The van der Waals surface area contributed by atoms with E-state index in [-0.39, 0.29) is 23.4 Å². The number of benzene rings is 2. The molecular formula is C25H25FN4O3. The molecule has 2 aromatic carbocycles. The van der Waals surface area contributed by atoms with Crippen LogP contribution in [0, 0.1) is 5.82 Å². The Bertz CT molecular complexity index is 1100. The lowest BCUT2D eigenvalue weighted by atomic mass is 9.87. The molecule has 170 valence electrons. The smallest absolute Gasteiger partial charge is 0.253 e. The Morgan fingerprint density at radius 1 is 1.09 bits per heavy atom. The molecular weight excluding hydrogens is 423 g/mol. The molecule has 0 aliphatic carbocycles. The van der Waals surface area contributed by atoms with Crippen molar-refractivity contribution in [2.45, 2.75) is 31.0 Å². The molecule has 1 atom stereocenters. The molecule has 2 saturated heterocycles. The van der Waals surface area contributed by atoms with Gasteiger partial charge in [0.1, 0.15) is 17.7 Å². The van der Waals surface area contributed by atoms with E-state index in [0.29, 0.717) is 37.0 Å². The molecule has 1 unspecified atom stereocenters. The number of anilines is 2. The number of carbonyl (C=O) groups excluding carboxylic acids is 1. The molecule has 2 aliphatic heterocycles. The number of hydrogen-bond acceptors (Lipinski definition) is 6. The van der Waals surface area contributed by atoms with Gasteiger partial charge in [0.2, 0.25) is 5.95 Å². The van der Waals surface area contributed by atoms with Crippen molar-refractivity contribution in [3.63, 3.8) is 0 Å². The van der Waals surface area contributed by atoms with Crippen molar-refractivity contribution < 1.29 is 18.7 Å². The van der Waals surface area contributed by atoms with Gasteiger partial charge >= 0.3 is 0 Å². The predicted molar refractivity (Wildman–Crippen MR) is 121 cm³/mol. The first-order valence-electron chi connectivity index (χ1n) is 11.1. The largest absolute Gasteiger partial charge is 0.488 e. The summed E-state index contributed by atoms with van der Waals surface area (Å²) in [5.41, 5.74) is 1.12. The highest BCUT2D eigenvalue weighted by molar-refractivity contribution is 5.95. The van der Waals surface area contributed by atoms with Crippen molar-refractivity contribution >= 4 is 17.5 Å². The molecule has 8 heteroatoms. The van der Waals surface area contributed by atoms with Crippen LogP contribution in [0.1, 0.15) is 29.6 Å². The summed E-state index contributed by atoms with van der Waals surface area (Å²) in [6.07, 6.45) is 5.54. The van der Waals surface area contributed by atoms with Gasteiger partial charge in [-0.05, 0) is 61.4 Å². The summed E-state index contributed by atoms with van der Waals surface area (Å²) in [5.74, 6) is 0.842. The van der Waals surface area contributed by atoms with Crippen LogP contribution >= 0.6 is 0 Å². The Hall–Kier alpha value is -3.52. The van der Waals surface area contributed by atoms with Gasteiger partial charge in [0, 0.05) is 43.2 Å². The first-order chi connectivity index (χ1) is 16.1. The van der Waals surface area contributed by atoms with Crippen molar-refractivity contribution in [1.82, 2.24) is 14.9 Å². The van der Waals surface area contributed by atoms with Gasteiger partial charge in [-0.1, -0.05) is 6.07 Å². The lowest BCUT2D eigenvalue weighted by molar-refractivity contribution is -0.0395. The molecule has 5 rings (SSSR count). The SMILES string of the molecule is O=C(c1cccc(Nc2ncccn2)c1)N1CCC2(CC1)CC(Oc1ccc(F)cc1)CO2. The molecule has 7 nitrogen and oxygen atoms in total. The molecule has 1 spiro atoms. The van der Waals surface area contributed by atoms with Crippen LogP contribution in [-0.4, -0.2) is 52.2 Å². The second kappa shape index (κ2) is 9.15. The van der Waals surface area contributed by atoms with E-state index in [9.17, 15) is 9.18 Å². The average molecular weight is 448 g/mol. The minimum Gasteiger partial charge on any atom is -0.488 e. The van der Waals surface area contributed by atoms with Gasteiger partial charge in [-0.15, -0.1) is 0 Å². The molecule has 0 bridgehead atoms. The molecule has 1 aromatic heterocycles. The summed E-state index contributed by atoms with van der Waals surface area (Å²) >= 11 is 0. The quantitative estimate of drug-likeness (QED) is 0.630. The number of nitrogens with one attached hydrogen (secondary N) is 1. The van der Waals surface area contributed by atoms with E-state index >= 15 is 0 Å². The fourth-order valence-electron chi connectivity index (χ4n) is 4.45. The first-order valence-corrected chi connectivity index (χ1v) is 11.1. The standard InChI is InChI=1S/C25H25FN4O3/c26-19-5-7-21(8-6-19)33-22-16-25(32-17-22)9-13-30(14-10-25)23(31)18-3-1-4-20(15-18)29-24-27-11-2-12-28-24/h1-8,11-12,15,22H,9-10,13-14,16-17H2,(H,27,28,29). The average Bonchev–Trinajstić information content (AvgIpc) is 3.23. The summed E-state index contributed by atoms with van der Waals surface area (Å²) in [6, 6.07) is 15.2. The highest BCUT2D eigenvalue weighted by atomic mass is 19.1. The molecule has 0 radical (unpaired) electrons. The molecule has 1 N–H and O–H groups in total. The van der Waals surface area contributed by atoms with Crippen LogP contribution in [0.25, 0.3) is 0 Å². The van der Waals surface area contributed by atoms with Crippen LogP contribution < -0.4 is 10.1 Å². The van der Waals surface area contributed by atoms with Crippen LogP contribution in [-0.2, 0) is 4.74 Å².